The third kappa shape index (κ3) is 3.57. The lowest BCUT2D eigenvalue weighted by Gasteiger charge is -2.35. The fourth-order valence-electron chi connectivity index (χ4n) is 3.86. The van der Waals surface area contributed by atoms with Crippen LogP contribution in [0, 0.1) is 11.7 Å². The Hall–Kier alpha value is -1.50. The van der Waals surface area contributed by atoms with Crippen molar-refractivity contribution in [1.29, 1.82) is 0 Å². The molecule has 4 nitrogen and oxygen atoms in total. The van der Waals surface area contributed by atoms with E-state index in [1.165, 1.54) is 12.1 Å². The minimum atomic E-state index is -0.279. The van der Waals surface area contributed by atoms with Gasteiger partial charge in [0.1, 0.15) is 5.82 Å². The molecule has 3 saturated heterocycles. The van der Waals surface area contributed by atoms with Crippen LogP contribution >= 0.6 is 22.9 Å². The van der Waals surface area contributed by atoms with Crippen molar-refractivity contribution >= 4 is 28.8 Å². The number of carbonyl (C=O) groups excluding carboxylic acids is 1. The van der Waals surface area contributed by atoms with E-state index in [0.717, 1.165) is 30.6 Å². The molecule has 3 fully saturated rings. The molecule has 3 aliphatic rings. The van der Waals surface area contributed by atoms with Gasteiger partial charge in [0.2, 0.25) is 5.91 Å². The Morgan fingerprint density at radius 2 is 2.16 bits per heavy atom. The first-order valence-electron chi connectivity index (χ1n) is 8.44. The Labute approximate surface area is 155 Å². The number of thiazole rings is 1. The molecule has 1 aromatic heterocycles. The molecule has 7 heteroatoms. The first-order valence-corrected chi connectivity index (χ1v) is 9.76. The van der Waals surface area contributed by atoms with E-state index in [9.17, 15) is 9.18 Å². The van der Waals surface area contributed by atoms with Crippen molar-refractivity contribution in [1.82, 2.24) is 14.8 Å². The smallest absolute Gasteiger partial charge is 0.227 e. The zero-order valence-corrected chi connectivity index (χ0v) is 15.3. The number of hydrogen-bond acceptors (Lipinski definition) is 4. The lowest BCUT2D eigenvalue weighted by Crippen LogP contribution is -2.47. The summed E-state index contributed by atoms with van der Waals surface area (Å²) in [6.45, 7) is 2.65. The highest BCUT2D eigenvalue weighted by Crippen LogP contribution is 2.31. The normalized spacial score (nSPS) is 23.9. The van der Waals surface area contributed by atoms with Crippen molar-refractivity contribution in [3.8, 4) is 0 Å². The predicted molar refractivity (Wildman–Crippen MR) is 95.9 cm³/mol. The van der Waals surface area contributed by atoms with Crippen molar-refractivity contribution in [2.24, 2.45) is 5.92 Å². The summed E-state index contributed by atoms with van der Waals surface area (Å²) < 4.78 is 13.5. The maximum atomic E-state index is 13.5. The molecule has 0 radical (unpaired) electrons. The highest BCUT2D eigenvalue weighted by molar-refractivity contribution is 7.07. The van der Waals surface area contributed by atoms with Gasteiger partial charge in [0.15, 0.2) is 0 Å². The molecule has 0 saturated carbocycles. The van der Waals surface area contributed by atoms with Gasteiger partial charge in [0.05, 0.1) is 23.7 Å². The van der Waals surface area contributed by atoms with Gasteiger partial charge in [-0.2, -0.15) is 0 Å². The molecule has 0 unspecified atom stereocenters. The van der Waals surface area contributed by atoms with Crippen LogP contribution in [-0.4, -0.2) is 39.8 Å². The number of aromatic nitrogens is 1. The lowest BCUT2D eigenvalue weighted by molar-refractivity contribution is -0.140. The zero-order chi connectivity index (χ0) is 17.4. The summed E-state index contributed by atoms with van der Waals surface area (Å²) in [4.78, 5) is 21.4. The topological polar surface area (TPSA) is 36.4 Å². The molecular weight excluding hydrogens is 361 g/mol. The van der Waals surface area contributed by atoms with Gasteiger partial charge in [-0.3, -0.25) is 9.69 Å². The number of carbonyl (C=O) groups is 1. The van der Waals surface area contributed by atoms with Gasteiger partial charge in [0, 0.05) is 36.1 Å². The Bertz CT molecular complexity index is 770. The summed E-state index contributed by atoms with van der Waals surface area (Å²) in [6, 6.07) is 4.64. The largest absolute Gasteiger partial charge is 0.332 e. The van der Waals surface area contributed by atoms with Crippen LogP contribution in [0.15, 0.2) is 29.1 Å². The molecular formula is C18H19ClFN3OS. The highest BCUT2D eigenvalue weighted by Gasteiger charge is 2.40. The van der Waals surface area contributed by atoms with Gasteiger partial charge in [-0.15, -0.1) is 11.3 Å². The molecule has 5 rings (SSSR count). The predicted octanol–water partition coefficient (Wildman–Crippen LogP) is 3.56. The molecule has 2 bridgehead atoms. The van der Waals surface area contributed by atoms with Crippen molar-refractivity contribution in [3.05, 3.63) is 51.2 Å². The molecule has 132 valence electrons. The molecule has 3 aliphatic heterocycles. The quantitative estimate of drug-likeness (QED) is 0.815. The highest BCUT2D eigenvalue weighted by atomic mass is 35.5. The van der Waals surface area contributed by atoms with Crippen molar-refractivity contribution in [2.75, 3.05) is 13.1 Å². The number of nitrogens with zero attached hydrogens (tertiary/aromatic N) is 3. The second-order valence-electron chi connectivity index (χ2n) is 6.80. The molecule has 4 heterocycles. The maximum absolute atomic E-state index is 13.5. The fraction of sp³-hybridized carbons (Fsp3) is 0.444. The number of halogens is 2. The Morgan fingerprint density at radius 1 is 1.28 bits per heavy atom. The van der Waals surface area contributed by atoms with Crippen molar-refractivity contribution in [3.63, 3.8) is 0 Å². The van der Waals surface area contributed by atoms with E-state index in [2.05, 4.69) is 9.88 Å². The standard InChI is InChI=1S/C18H19ClFN3OS/c19-17-4-2-14(20)5-13(17)7-22-6-12-1-3-16(9-22)23(18(12)24)8-15-10-25-11-21-15/h2,4-5,10-12,16H,1,3,6-9H2/t12-,16+/m0/s1. The minimum absolute atomic E-state index is 0.00437. The molecule has 0 N–H and O–H groups in total. The Kier molecular flexibility index (Phi) is 4.75. The summed E-state index contributed by atoms with van der Waals surface area (Å²) in [5.41, 5.74) is 3.53. The SMILES string of the molecule is O=C1[C@H]2CC[C@H](CN(Cc3cc(F)ccc3Cl)C2)N1Cc1cscn1. The van der Waals surface area contributed by atoms with E-state index >= 15 is 0 Å². The number of benzene rings is 1. The average Bonchev–Trinajstić information content (AvgIpc) is 2.97. The van der Waals surface area contributed by atoms with E-state index in [4.69, 9.17) is 11.6 Å². The summed E-state index contributed by atoms with van der Waals surface area (Å²) >= 11 is 7.77. The average molecular weight is 380 g/mol. The van der Waals surface area contributed by atoms with Gasteiger partial charge in [0.25, 0.3) is 0 Å². The van der Waals surface area contributed by atoms with Gasteiger partial charge < -0.3 is 4.90 Å². The molecule has 2 aromatic rings. The molecule has 0 spiro atoms. The molecule has 2 atom stereocenters. The van der Waals surface area contributed by atoms with Crippen molar-refractivity contribution < 1.29 is 9.18 Å². The van der Waals surface area contributed by atoms with Crippen LogP contribution in [0.25, 0.3) is 0 Å². The summed E-state index contributed by atoms with van der Waals surface area (Å²) in [7, 11) is 0. The Morgan fingerprint density at radius 3 is 2.96 bits per heavy atom. The number of amides is 1. The lowest BCUT2D eigenvalue weighted by atomic mass is 9.94. The van der Waals surface area contributed by atoms with Gasteiger partial charge in [-0.25, -0.2) is 9.37 Å². The van der Waals surface area contributed by atoms with Crippen LogP contribution in [0.5, 0.6) is 0 Å². The van der Waals surface area contributed by atoms with Crippen LogP contribution in [-0.2, 0) is 17.9 Å². The molecule has 0 aliphatic carbocycles. The van der Waals surface area contributed by atoms with Gasteiger partial charge >= 0.3 is 0 Å². The van der Waals surface area contributed by atoms with Crippen LogP contribution in [0.1, 0.15) is 24.1 Å². The zero-order valence-electron chi connectivity index (χ0n) is 13.7. The van der Waals surface area contributed by atoms with E-state index in [1.807, 2.05) is 10.3 Å². The minimum Gasteiger partial charge on any atom is -0.332 e. The van der Waals surface area contributed by atoms with Crippen LogP contribution in [0.2, 0.25) is 5.02 Å². The van der Waals surface area contributed by atoms with E-state index in [1.54, 1.807) is 22.9 Å². The second kappa shape index (κ2) is 7.02. The first kappa shape index (κ1) is 16.9. The van der Waals surface area contributed by atoms with E-state index < -0.39 is 0 Å². The van der Waals surface area contributed by atoms with Crippen molar-refractivity contribution in [2.45, 2.75) is 32.0 Å². The van der Waals surface area contributed by atoms with Crippen LogP contribution in [0.3, 0.4) is 0 Å². The van der Waals surface area contributed by atoms with Crippen LogP contribution < -0.4 is 0 Å². The third-order valence-electron chi connectivity index (χ3n) is 5.09. The first-order chi connectivity index (χ1) is 12.1. The monoisotopic (exact) mass is 379 g/mol. The third-order valence-corrected chi connectivity index (χ3v) is 6.09. The summed E-state index contributed by atoms with van der Waals surface area (Å²) in [5.74, 6) is -0.0553. The second-order valence-corrected chi connectivity index (χ2v) is 7.93. The van der Waals surface area contributed by atoms with Gasteiger partial charge in [-0.05, 0) is 36.6 Å². The number of hydrogen-bond donors (Lipinski definition) is 0. The molecule has 1 amide bonds. The number of fused-ring (bicyclic) bond motifs is 4. The summed E-state index contributed by atoms with van der Waals surface area (Å²) in [6.07, 6.45) is 1.93. The molecule has 25 heavy (non-hydrogen) atoms. The van der Waals surface area contributed by atoms with Crippen LogP contribution in [0.4, 0.5) is 4.39 Å². The molecule has 1 aromatic carbocycles. The maximum Gasteiger partial charge on any atom is 0.227 e. The van der Waals surface area contributed by atoms with Gasteiger partial charge in [-0.1, -0.05) is 11.6 Å². The Balaban J connectivity index is 1.52. The number of piperidine rings is 1. The fourth-order valence-corrected chi connectivity index (χ4v) is 4.59. The number of rotatable bonds is 4. The van der Waals surface area contributed by atoms with E-state index in [0.29, 0.717) is 24.7 Å². The van der Waals surface area contributed by atoms with E-state index in [-0.39, 0.29) is 23.7 Å². The summed E-state index contributed by atoms with van der Waals surface area (Å²) in [5, 5.41) is 2.57.